The first kappa shape index (κ1) is 17.9. The molecule has 2 fully saturated rings. The number of aliphatic hydroxyl groups is 1. The second kappa shape index (κ2) is 9.52. The minimum absolute atomic E-state index is 0.254. The molecule has 0 amide bonds. The number of fused-ring (bicyclic) bond motifs is 2. The summed E-state index contributed by atoms with van der Waals surface area (Å²) in [4.78, 5) is 0. The van der Waals surface area contributed by atoms with Crippen LogP contribution in [0.4, 0.5) is 0 Å². The molecule has 4 atom stereocenters. The molecule has 3 rings (SSSR count). The monoisotopic (exact) mass is 334 g/mol. The van der Waals surface area contributed by atoms with E-state index in [2.05, 4.69) is 24.3 Å². The summed E-state index contributed by atoms with van der Waals surface area (Å²) in [6.45, 7) is 3.25. The molecule has 1 aromatic rings. The van der Waals surface area contributed by atoms with Gasteiger partial charge in [0, 0.05) is 25.7 Å². The van der Waals surface area contributed by atoms with E-state index in [1.807, 2.05) is 6.07 Å². The third kappa shape index (κ3) is 4.79. The summed E-state index contributed by atoms with van der Waals surface area (Å²) in [5.41, 5.74) is 1.23. The van der Waals surface area contributed by atoms with Gasteiger partial charge in [-0.3, -0.25) is 0 Å². The van der Waals surface area contributed by atoms with Crippen LogP contribution in [0.3, 0.4) is 0 Å². The number of unbranched alkanes of at least 4 members (excludes halogenated alkanes) is 1. The van der Waals surface area contributed by atoms with Crippen LogP contribution in [0.5, 0.6) is 0 Å². The van der Waals surface area contributed by atoms with E-state index in [-0.39, 0.29) is 6.61 Å². The molecular weight excluding hydrogens is 304 g/mol. The summed E-state index contributed by atoms with van der Waals surface area (Å²) in [6.07, 6.45) is 5.97. The Kier molecular flexibility index (Phi) is 7.09. The average Bonchev–Trinajstić information content (AvgIpc) is 3.21. The van der Waals surface area contributed by atoms with Crippen molar-refractivity contribution >= 4 is 0 Å². The van der Waals surface area contributed by atoms with Crippen LogP contribution in [-0.2, 0) is 20.8 Å². The Morgan fingerprint density at radius 3 is 2.54 bits per heavy atom. The lowest BCUT2D eigenvalue weighted by Crippen LogP contribution is -2.31. The fourth-order valence-electron chi connectivity index (χ4n) is 4.03. The Morgan fingerprint density at radius 1 is 0.958 bits per heavy atom. The van der Waals surface area contributed by atoms with Gasteiger partial charge in [0.05, 0.1) is 25.4 Å². The van der Waals surface area contributed by atoms with Crippen molar-refractivity contribution in [2.45, 2.75) is 50.9 Å². The normalized spacial score (nSPS) is 28.5. The molecule has 2 heterocycles. The molecule has 2 saturated heterocycles. The summed E-state index contributed by atoms with van der Waals surface area (Å²) in [5, 5.41) is 8.78. The third-order valence-corrected chi connectivity index (χ3v) is 5.30. The molecule has 2 aliphatic rings. The van der Waals surface area contributed by atoms with E-state index < -0.39 is 0 Å². The van der Waals surface area contributed by atoms with Gasteiger partial charge in [0.1, 0.15) is 0 Å². The van der Waals surface area contributed by atoms with Gasteiger partial charge in [0.2, 0.25) is 0 Å². The molecule has 2 bridgehead atoms. The number of ether oxygens (including phenoxy) is 3. The number of rotatable bonds is 11. The number of hydrogen-bond donors (Lipinski definition) is 1. The van der Waals surface area contributed by atoms with Crippen molar-refractivity contribution in [3.8, 4) is 0 Å². The van der Waals surface area contributed by atoms with Crippen molar-refractivity contribution in [3.63, 3.8) is 0 Å². The maximum atomic E-state index is 8.78. The highest BCUT2D eigenvalue weighted by Crippen LogP contribution is 2.45. The molecule has 0 aliphatic carbocycles. The zero-order chi connectivity index (χ0) is 16.6. The lowest BCUT2D eigenvalue weighted by atomic mass is 9.78. The van der Waals surface area contributed by atoms with Crippen LogP contribution >= 0.6 is 0 Å². The first-order chi connectivity index (χ1) is 11.9. The van der Waals surface area contributed by atoms with Crippen LogP contribution in [0.15, 0.2) is 30.3 Å². The molecule has 24 heavy (non-hydrogen) atoms. The number of benzene rings is 1. The van der Waals surface area contributed by atoms with Gasteiger partial charge < -0.3 is 19.3 Å². The van der Waals surface area contributed by atoms with Gasteiger partial charge in [-0.2, -0.15) is 0 Å². The molecule has 4 heteroatoms. The van der Waals surface area contributed by atoms with Gasteiger partial charge in [-0.25, -0.2) is 0 Å². The highest BCUT2D eigenvalue weighted by molar-refractivity contribution is 5.13. The first-order valence-electron chi connectivity index (χ1n) is 9.34. The SMILES string of the molecule is OCCCCOCCC1C2CCC(O2)C1COCc1ccccc1. The topological polar surface area (TPSA) is 47.9 Å². The Morgan fingerprint density at radius 2 is 1.75 bits per heavy atom. The van der Waals surface area contributed by atoms with E-state index >= 15 is 0 Å². The Balaban J connectivity index is 1.39. The van der Waals surface area contributed by atoms with Gasteiger partial charge in [-0.15, -0.1) is 0 Å². The molecule has 4 nitrogen and oxygen atoms in total. The van der Waals surface area contributed by atoms with Crippen molar-refractivity contribution < 1.29 is 19.3 Å². The molecule has 0 spiro atoms. The molecule has 0 radical (unpaired) electrons. The largest absolute Gasteiger partial charge is 0.396 e. The van der Waals surface area contributed by atoms with Gasteiger partial charge in [-0.1, -0.05) is 30.3 Å². The standard InChI is InChI=1S/C20H30O4/c21-11-4-5-12-22-13-10-17-18(20-9-8-19(17)24-20)15-23-14-16-6-2-1-3-7-16/h1-3,6-7,17-21H,4-5,8-15H2. The van der Waals surface area contributed by atoms with Crippen molar-refractivity contribution in [2.75, 3.05) is 26.4 Å². The minimum atomic E-state index is 0.254. The smallest absolute Gasteiger partial charge is 0.0717 e. The summed E-state index contributed by atoms with van der Waals surface area (Å²) < 4.78 is 17.8. The summed E-state index contributed by atoms with van der Waals surface area (Å²) in [6, 6.07) is 10.3. The van der Waals surface area contributed by atoms with E-state index in [1.54, 1.807) is 0 Å². The Hall–Kier alpha value is -0.940. The molecule has 2 aliphatic heterocycles. The maximum Gasteiger partial charge on any atom is 0.0717 e. The van der Waals surface area contributed by atoms with Gasteiger partial charge in [0.15, 0.2) is 0 Å². The first-order valence-corrected chi connectivity index (χ1v) is 9.34. The fraction of sp³-hybridized carbons (Fsp3) is 0.700. The van der Waals surface area contributed by atoms with Crippen molar-refractivity contribution in [1.82, 2.24) is 0 Å². The van der Waals surface area contributed by atoms with Crippen molar-refractivity contribution in [3.05, 3.63) is 35.9 Å². The molecule has 4 unspecified atom stereocenters. The van der Waals surface area contributed by atoms with Crippen LogP contribution < -0.4 is 0 Å². The summed E-state index contributed by atoms with van der Waals surface area (Å²) in [5.74, 6) is 1.07. The molecule has 1 N–H and O–H groups in total. The van der Waals surface area contributed by atoms with E-state index in [9.17, 15) is 0 Å². The second-order valence-corrected chi connectivity index (χ2v) is 6.95. The van der Waals surface area contributed by atoms with E-state index in [0.717, 1.165) is 39.1 Å². The van der Waals surface area contributed by atoms with Crippen LogP contribution in [0.2, 0.25) is 0 Å². The molecule has 0 saturated carbocycles. The highest BCUT2D eigenvalue weighted by Gasteiger charge is 2.48. The lowest BCUT2D eigenvalue weighted by molar-refractivity contribution is 0.0378. The van der Waals surface area contributed by atoms with Crippen LogP contribution in [-0.4, -0.2) is 43.7 Å². The number of hydrogen-bond acceptors (Lipinski definition) is 4. The zero-order valence-corrected chi connectivity index (χ0v) is 14.4. The molecule has 1 aromatic carbocycles. The van der Waals surface area contributed by atoms with E-state index in [0.29, 0.717) is 30.7 Å². The Bertz CT molecular complexity index is 464. The molecule has 0 aromatic heterocycles. The van der Waals surface area contributed by atoms with Crippen LogP contribution in [0.25, 0.3) is 0 Å². The zero-order valence-electron chi connectivity index (χ0n) is 14.4. The van der Waals surface area contributed by atoms with E-state index in [4.69, 9.17) is 19.3 Å². The van der Waals surface area contributed by atoms with Gasteiger partial charge >= 0.3 is 0 Å². The predicted molar refractivity (Wildman–Crippen MR) is 92.7 cm³/mol. The van der Waals surface area contributed by atoms with Crippen LogP contribution in [0.1, 0.15) is 37.7 Å². The fourth-order valence-corrected chi connectivity index (χ4v) is 4.03. The highest BCUT2D eigenvalue weighted by atomic mass is 16.5. The second-order valence-electron chi connectivity index (χ2n) is 6.95. The minimum Gasteiger partial charge on any atom is -0.396 e. The third-order valence-electron chi connectivity index (χ3n) is 5.30. The van der Waals surface area contributed by atoms with Crippen molar-refractivity contribution in [2.24, 2.45) is 11.8 Å². The Labute approximate surface area is 145 Å². The van der Waals surface area contributed by atoms with Crippen molar-refractivity contribution in [1.29, 1.82) is 0 Å². The van der Waals surface area contributed by atoms with E-state index in [1.165, 1.54) is 18.4 Å². The van der Waals surface area contributed by atoms with Gasteiger partial charge in [0.25, 0.3) is 0 Å². The predicted octanol–water partition coefficient (Wildman–Crippen LogP) is 3.18. The molecule has 134 valence electrons. The number of aliphatic hydroxyl groups excluding tert-OH is 1. The van der Waals surface area contributed by atoms with Gasteiger partial charge in [-0.05, 0) is 43.6 Å². The van der Waals surface area contributed by atoms with Crippen LogP contribution in [0, 0.1) is 11.8 Å². The lowest BCUT2D eigenvalue weighted by Gasteiger charge is -2.27. The summed E-state index contributed by atoms with van der Waals surface area (Å²) >= 11 is 0. The summed E-state index contributed by atoms with van der Waals surface area (Å²) in [7, 11) is 0. The average molecular weight is 334 g/mol. The quantitative estimate of drug-likeness (QED) is 0.632. The molecular formula is C20H30O4. The maximum absolute atomic E-state index is 8.78.